The van der Waals surface area contributed by atoms with Gasteiger partial charge < -0.3 is 5.73 Å². The fraction of sp³-hybridized carbons (Fsp3) is 0.118. The Hall–Kier alpha value is -2.39. The lowest BCUT2D eigenvalue weighted by molar-refractivity contribution is 0.986. The number of para-hydroxylation sites is 1. The van der Waals surface area contributed by atoms with Crippen LogP contribution in [-0.2, 0) is 6.54 Å². The van der Waals surface area contributed by atoms with Gasteiger partial charge in [0.15, 0.2) is 0 Å². The van der Waals surface area contributed by atoms with Crippen LogP contribution in [0.2, 0.25) is 0 Å². The standard InChI is InChI=1S/C17H17N3/c1-13-6-2-4-8-15(13)17-11-19-12-20(17)16-9-5-3-7-14(16)10-18/h2-9,11-12H,10,18H2,1H3. The normalized spacial score (nSPS) is 10.7. The SMILES string of the molecule is Cc1ccccc1-c1cncn1-c1ccccc1CN. The molecule has 20 heavy (non-hydrogen) atoms. The van der Waals surface area contributed by atoms with Gasteiger partial charge in [0.2, 0.25) is 0 Å². The van der Waals surface area contributed by atoms with Crippen LogP contribution in [-0.4, -0.2) is 9.55 Å². The third-order valence-electron chi connectivity index (χ3n) is 3.53. The van der Waals surface area contributed by atoms with Crippen LogP contribution in [0.25, 0.3) is 16.9 Å². The molecule has 1 heterocycles. The summed E-state index contributed by atoms with van der Waals surface area (Å²) in [7, 11) is 0. The van der Waals surface area contributed by atoms with E-state index in [0.717, 1.165) is 16.9 Å². The molecule has 3 rings (SSSR count). The van der Waals surface area contributed by atoms with E-state index in [1.54, 1.807) is 0 Å². The number of aryl methyl sites for hydroxylation is 1. The maximum absolute atomic E-state index is 5.84. The molecule has 0 aliphatic carbocycles. The Labute approximate surface area is 118 Å². The molecule has 2 N–H and O–H groups in total. The molecule has 3 heteroatoms. The van der Waals surface area contributed by atoms with Crippen molar-refractivity contribution in [3.8, 4) is 16.9 Å². The largest absolute Gasteiger partial charge is 0.326 e. The van der Waals surface area contributed by atoms with Crippen molar-refractivity contribution in [3.63, 3.8) is 0 Å². The average Bonchev–Trinajstić information content (AvgIpc) is 2.96. The molecular weight excluding hydrogens is 246 g/mol. The number of hydrogen-bond acceptors (Lipinski definition) is 2. The van der Waals surface area contributed by atoms with Crippen molar-refractivity contribution in [2.45, 2.75) is 13.5 Å². The molecule has 0 spiro atoms. The van der Waals surface area contributed by atoms with Gasteiger partial charge in [0.05, 0.1) is 23.9 Å². The minimum absolute atomic E-state index is 0.515. The number of hydrogen-bond donors (Lipinski definition) is 1. The molecule has 100 valence electrons. The summed E-state index contributed by atoms with van der Waals surface area (Å²) in [6.45, 7) is 2.63. The Morgan fingerprint density at radius 1 is 1.05 bits per heavy atom. The van der Waals surface area contributed by atoms with Gasteiger partial charge in [-0.15, -0.1) is 0 Å². The quantitative estimate of drug-likeness (QED) is 0.788. The van der Waals surface area contributed by atoms with Crippen molar-refractivity contribution in [1.29, 1.82) is 0 Å². The van der Waals surface area contributed by atoms with E-state index in [0.29, 0.717) is 6.54 Å². The highest BCUT2D eigenvalue weighted by atomic mass is 15.1. The fourth-order valence-corrected chi connectivity index (χ4v) is 2.47. The molecule has 2 aromatic carbocycles. The molecule has 0 bridgehead atoms. The summed E-state index contributed by atoms with van der Waals surface area (Å²) in [4.78, 5) is 4.31. The predicted octanol–water partition coefficient (Wildman–Crippen LogP) is 3.31. The zero-order chi connectivity index (χ0) is 13.9. The number of aromatic nitrogens is 2. The molecule has 0 amide bonds. The van der Waals surface area contributed by atoms with Crippen molar-refractivity contribution < 1.29 is 0 Å². The first kappa shape index (κ1) is 12.6. The second kappa shape index (κ2) is 5.31. The highest BCUT2D eigenvalue weighted by Crippen LogP contribution is 2.26. The smallest absolute Gasteiger partial charge is 0.0997 e. The topological polar surface area (TPSA) is 43.8 Å². The first-order valence-electron chi connectivity index (χ1n) is 6.68. The Morgan fingerprint density at radius 2 is 1.80 bits per heavy atom. The molecule has 0 fully saturated rings. The van der Waals surface area contributed by atoms with Crippen LogP contribution in [0.1, 0.15) is 11.1 Å². The first-order valence-corrected chi connectivity index (χ1v) is 6.68. The lowest BCUT2D eigenvalue weighted by atomic mass is 10.1. The minimum atomic E-state index is 0.515. The van der Waals surface area contributed by atoms with Gasteiger partial charge in [-0.3, -0.25) is 4.57 Å². The number of benzene rings is 2. The summed E-state index contributed by atoms with van der Waals surface area (Å²) in [5.41, 5.74) is 11.6. The van der Waals surface area contributed by atoms with Crippen LogP contribution >= 0.6 is 0 Å². The van der Waals surface area contributed by atoms with Crippen molar-refractivity contribution in [2.24, 2.45) is 5.73 Å². The molecular formula is C17H17N3. The third-order valence-corrected chi connectivity index (χ3v) is 3.53. The summed E-state index contributed by atoms with van der Waals surface area (Å²) in [6, 6.07) is 16.5. The molecule has 0 radical (unpaired) electrons. The van der Waals surface area contributed by atoms with E-state index < -0.39 is 0 Å². The van der Waals surface area contributed by atoms with Crippen molar-refractivity contribution in [1.82, 2.24) is 9.55 Å². The Morgan fingerprint density at radius 3 is 2.60 bits per heavy atom. The van der Waals surface area contributed by atoms with E-state index in [1.165, 1.54) is 11.1 Å². The molecule has 0 aliphatic heterocycles. The van der Waals surface area contributed by atoms with Gasteiger partial charge in [-0.1, -0.05) is 42.5 Å². The van der Waals surface area contributed by atoms with Crippen LogP contribution in [0, 0.1) is 6.92 Å². The maximum Gasteiger partial charge on any atom is 0.0997 e. The van der Waals surface area contributed by atoms with Gasteiger partial charge in [0, 0.05) is 12.1 Å². The Kier molecular flexibility index (Phi) is 3.35. The van der Waals surface area contributed by atoms with E-state index >= 15 is 0 Å². The summed E-state index contributed by atoms with van der Waals surface area (Å²) in [5, 5.41) is 0. The van der Waals surface area contributed by atoms with Gasteiger partial charge in [-0.25, -0.2) is 4.98 Å². The summed E-state index contributed by atoms with van der Waals surface area (Å²) >= 11 is 0. The highest BCUT2D eigenvalue weighted by molar-refractivity contribution is 5.66. The Balaban J connectivity index is 2.19. The molecule has 0 unspecified atom stereocenters. The highest BCUT2D eigenvalue weighted by Gasteiger charge is 2.10. The monoisotopic (exact) mass is 263 g/mol. The van der Waals surface area contributed by atoms with Crippen molar-refractivity contribution in [3.05, 3.63) is 72.2 Å². The van der Waals surface area contributed by atoms with E-state index in [9.17, 15) is 0 Å². The number of nitrogens with zero attached hydrogens (tertiary/aromatic N) is 2. The number of rotatable bonds is 3. The lowest BCUT2D eigenvalue weighted by Crippen LogP contribution is -2.04. The molecule has 1 aromatic heterocycles. The predicted molar refractivity (Wildman–Crippen MR) is 81.6 cm³/mol. The zero-order valence-corrected chi connectivity index (χ0v) is 11.5. The van der Waals surface area contributed by atoms with E-state index in [1.807, 2.05) is 30.7 Å². The van der Waals surface area contributed by atoms with Gasteiger partial charge in [-0.2, -0.15) is 0 Å². The van der Waals surface area contributed by atoms with E-state index in [-0.39, 0.29) is 0 Å². The molecule has 0 saturated heterocycles. The maximum atomic E-state index is 5.84. The molecule has 0 saturated carbocycles. The van der Waals surface area contributed by atoms with Gasteiger partial charge >= 0.3 is 0 Å². The summed E-state index contributed by atoms with van der Waals surface area (Å²) in [6.07, 6.45) is 3.74. The second-order valence-corrected chi connectivity index (χ2v) is 4.80. The van der Waals surface area contributed by atoms with Gasteiger partial charge in [0.25, 0.3) is 0 Å². The second-order valence-electron chi connectivity index (χ2n) is 4.80. The fourth-order valence-electron chi connectivity index (χ4n) is 2.47. The van der Waals surface area contributed by atoms with Crippen LogP contribution < -0.4 is 5.73 Å². The van der Waals surface area contributed by atoms with E-state index in [4.69, 9.17) is 5.73 Å². The summed E-state index contributed by atoms with van der Waals surface area (Å²) in [5.74, 6) is 0. The van der Waals surface area contributed by atoms with Crippen LogP contribution in [0.5, 0.6) is 0 Å². The number of nitrogens with two attached hydrogens (primary N) is 1. The molecule has 0 atom stereocenters. The van der Waals surface area contributed by atoms with Crippen LogP contribution in [0.3, 0.4) is 0 Å². The average molecular weight is 263 g/mol. The molecule has 3 nitrogen and oxygen atoms in total. The van der Waals surface area contributed by atoms with Gasteiger partial charge in [-0.05, 0) is 24.1 Å². The zero-order valence-electron chi connectivity index (χ0n) is 11.5. The minimum Gasteiger partial charge on any atom is -0.326 e. The first-order chi connectivity index (χ1) is 9.81. The Bertz CT molecular complexity index is 728. The third kappa shape index (κ3) is 2.12. The van der Waals surface area contributed by atoms with Gasteiger partial charge in [0.1, 0.15) is 0 Å². The van der Waals surface area contributed by atoms with Crippen LogP contribution in [0.4, 0.5) is 0 Å². The summed E-state index contributed by atoms with van der Waals surface area (Å²) < 4.78 is 2.10. The van der Waals surface area contributed by atoms with Crippen molar-refractivity contribution >= 4 is 0 Å². The molecule has 0 aliphatic rings. The van der Waals surface area contributed by atoms with Crippen LogP contribution in [0.15, 0.2) is 61.1 Å². The lowest BCUT2D eigenvalue weighted by Gasteiger charge is -2.13. The number of imidazole rings is 1. The molecule has 3 aromatic rings. The van der Waals surface area contributed by atoms with Crippen molar-refractivity contribution in [2.75, 3.05) is 0 Å². The van der Waals surface area contributed by atoms with E-state index in [2.05, 4.69) is 46.8 Å².